The molecule has 0 heterocycles. The van der Waals surface area contributed by atoms with Crippen LogP contribution in [0.5, 0.6) is 5.75 Å². The van der Waals surface area contributed by atoms with E-state index in [1.807, 2.05) is 0 Å². The van der Waals surface area contributed by atoms with Crippen LogP contribution < -0.4 is 4.74 Å². The molecule has 0 amide bonds. The van der Waals surface area contributed by atoms with Crippen molar-refractivity contribution in [2.75, 3.05) is 6.61 Å². The topological polar surface area (TPSA) is 43.4 Å². The van der Waals surface area contributed by atoms with E-state index in [2.05, 4.69) is 0 Å². The van der Waals surface area contributed by atoms with Crippen molar-refractivity contribution in [2.45, 2.75) is 17.7 Å². The summed E-state index contributed by atoms with van der Waals surface area (Å²) in [6, 6.07) is 3.19. The number of rotatable bonds is 4. The number of ether oxygens (including phenoxy) is 1. The average Bonchev–Trinajstić information content (AvgIpc) is 2.96. The van der Waals surface area contributed by atoms with Crippen molar-refractivity contribution in [1.82, 2.24) is 0 Å². The molecule has 0 radical (unpaired) electrons. The Labute approximate surface area is 97.6 Å². The van der Waals surface area contributed by atoms with Gasteiger partial charge in [0.25, 0.3) is 9.05 Å². The van der Waals surface area contributed by atoms with Crippen molar-refractivity contribution >= 4 is 19.7 Å². The zero-order valence-electron chi connectivity index (χ0n) is 8.32. The number of hydrogen-bond donors (Lipinski definition) is 0. The van der Waals surface area contributed by atoms with E-state index in [4.69, 9.17) is 15.4 Å². The maximum Gasteiger partial charge on any atom is 0.264 e. The third kappa shape index (κ3) is 2.86. The number of benzene rings is 1. The van der Waals surface area contributed by atoms with Gasteiger partial charge in [0.05, 0.1) is 6.61 Å². The standard InChI is InChI=1S/C10H10ClFO3S/c11-16(13,14)10-4-3-8(12)5-9(10)15-6-7-1-2-7/h3-5,7H,1-2,6H2. The van der Waals surface area contributed by atoms with Gasteiger partial charge in [-0.15, -0.1) is 0 Å². The van der Waals surface area contributed by atoms with Gasteiger partial charge in [-0.2, -0.15) is 0 Å². The van der Waals surface area contributed by atoms with Crippen LogP contribution >= 0.6 is 10.7 Å². The Morgan fingerprint density at radius 1 is 1.44 bits per heavy atom. The molecular weight excluding hydrogens is 255 g/mol. The largest absolute Gasteiger partial charge is 0.492 e. The highest BCUT2D eigenvalue weighted by atomic mass is 35.7. The molecule has 0 aliphatic heterocycles. The van der Waals surface area contributed by atoms with E-state index in [0.717, 1.165) is 31.0 Å². The van der Waals surface area contributed by atoms with Crippen molar-refractivity contribution in [3.8, 4) is 5.75 Å². The molecule has 0 N–H and O–H groups in total. The fourth-order valence-electron chi connectivity index (χ4n) is 1.29. The second-order valence-electron chi connectivity index (χ2n) is 3.78. The molecule has 1 aromatic carbocycles. The molecule has 2 rings (SSSR count). The van der Waals surface area contributed by atoms with Crippen LogP contribution in [0.3, 0.4) is 0 Å². The predicted molar refractivity (Wildman–Crippen MR) is 57.7 cm³/mol. The van der Waals surface area contributed by atoms with E-state index in [1.54, 1.807) is 0 Å². The lowest BCUT2D eigenvalue weighted by atomic mass is 10.3. The van der Waals surface area contributed by atoms with E-state index in [0.29, 0.717) is 12.5 Å². The Balaban J connectivity index is 2.27. The van der Waals surface area contributed by atoms with E-state index in [-0.39, 0.29) is 10.6 Å². The summed E-state index contributed by atoms with van der Waals surface area (Å²) in [6.45, 7) is 0.406. The fraction of sp³-hybridized carbons (Fsp3) is 0.400. The molecule has 0 saturated heterocycles. The highest BCUT2D eigenvalue weighted by Crippen LogP contribution is 2.32. The molecule has 6 heteroatoms. The van der Waals surface area contributed by atoms with Gasteiger partial charge in [-0.1, -0.05) is 0 Å². The molecule has 0 aromatic heterocycles. The maximum absolute atomic E-state index is 13.0. The Morgan fingerprint density at radius 2 is 2.12 bits per heavy atom. The summed E-state index contributed by atoms with van der Waals surface area (Å²) in [5, 5.41) is 0. The van der Waals surface area contributed by atoms with Gasteiger partial charge in [0.2, 0.25) is 0 Å². The van der Waals surface area contributed by atoms with Crippen molar-refractivity contribution in [3.05, 3.63) is 24.0 Å². The smallest absolute Gasteiger partial charge is 0.264 e. The molecule has 1 saturated carbocycles. The Hall–Kier alpha value is -0.810. The van der Waals surface area contributed by atoms with E-state index >= 15 is 0 Å². The molecule has 0 unspecified atom stereocenters. The van der Waals surface area contributed by atoms with Gasteiger partial charge in [0.1, 0.15) is 16.5 Å². The second kappa shape index (κ2) is 4.22. The second-order valence-corrected chi connectivity index (χ2v) is 6.32. The van der Waals surface area contributed by atoms with Crippen LogP contribution in [-0.2, 0) is 9.05 Å². The lowest BCUT2D eigenvalue weighted by molar-refractivity contribution is 0.291. The Morgan fingerprint density at radius 3 is 2.69 bits per heavy atom. The van der Waals surface area contributed by atoms with E-state index < -0.39 is 14.9 Å². The zero-order valence-corrected chi connectivity index (χ0v) is 9.89. The first kappa shape index (κ1) is 11.7. The van der Waals surface area contributed by atoms with Crippen molar-refractivity contribution < 1.29 is 17.5 Å². The molecule has 1 aliphatic rings. The molecular formula is C10H10ClFO3S. The summed E-state index contributed by atoms with van der Waals surface area (Å²) in [4.78, 5) is -0.184. The highest BCUT2D eigenvalue weighted by Gasteiger charge is 2.24. The maximum atomic E-state index is 13.0. The van der Waals surface area contributed by atoms with Crippen LogP contribution in [0.2, 0.25) is 0 Å². The SMILES string of the molecule is O=S(=O)(Cl)c1ccc(F)cc1OCC1CC1. The summed E-state index contributed by atoms with van der Waals surface area (Å²) >= 11 is 0. The normalized spacial score (nSPS) is 16.1. The highest BCUT2D eigenvalue weighted by molar-refractivity contribution is 8.13. The third-order valence-corrected chi connectivity index (χ3v) is 3.70. The lowest BCUT2D eigenvalue weighted by Gasteiger charge is -2.08. The summed E-state index contributed by atoms with van der Waals surface area (Å²) in [7, 11) is 1.32. The number of hydrogen-bond acceptors (Lipinski definition) is 3. The minimum Gasteiger partial charge on any atom is -0.492 e. The van der Waals surface area contributed by atoms with Gasteiger partial charge in [-0.05, 0) is 30.9 Å². The van der Waals surface area contributed by atoms with Gasteiger partial charge < -0.3 is 4.74 Å². The summed E-state index contributed by atoms with van der Waals surface area (Å²) in [5.74, 6) is -0.106. The molecule has 1 aliphatic carbocycles. The van der Waals surface area contributed by atoms with Crippen molar-refractivity contribution in [2.24, 2.45) is 5.92 Å². The van der Waals surface area contributed by atoms with Gasteiger partial charge in [0.15, 0.2) is 0 Å². The molecule has 0 spiro atoms. The van der Waals surface area contributed by atoms with Crippen LogP contribution in [0.15, 0.2) is 23.1 Å². The van der Waals surface area contributed by atoms with Crippen LogP contribution in [0.4, 0.5) is 4.39 Å². The first-order chi connectivity index (χ1) is 7.47. The first-order valence-corrected chi connectivity index (χ1v) is 7.15. The lowest BCUT2D eigenvalue weighted by Crippen LogP contribution is -2.03. The number of halogens is 2. The Bertz CT molecular complexity index is 497. The van der Waals surface area contributed by atoms with Gasteiger partial charge in [-0.25, -0.2) is 12.8 Å². The van der Waals surface area contributed by atoms with Gasteiger partial charge >= 0.3 is 0 Å². The monoisotopic (exact) mass is 264 g/mol. The molecule has 88 valence electrons. The van der Waals surface area contributed by atoms with Crippen LogP contribution in [-0.4, -0.2) is 15.0 Å². The predicted octanol–water partition coefficient (Wildman–Crippen LogP) is 2.54. The molecule has 0 bridgehead atoms. The van der Waals surface area contributed by atoms with Crippen LogP contribution in [0.1, 0.15) is 12.8 Å². The first-order valence-electron chi connectivity index (χ1n) is 4.84. The van der Waals surface area contributed by atoms with Crippen LogP contribution in [0.25, 0.3) is 0 Å². The van der Waals surface area contributed by atoms with Gasteiger partial charge in [-0.3, -0.25) is 0 Å². The average molecular weight is 265 g/mol. The van der Waals surface area contributed by atoms with E-state index in [1.165, 1.54) is 0 Å². The minimum absolute atomic E-state index is 0.0121. The molecule has 0 atom stereocenters. The van der Waals surface area contributed by atoms with Crippen molar-refractivity contribution in [1.29, 1.82) is 0 Å². The molecule has 16 heavy (non-hydrogen) atoms. The molecule has 3 nitrogen and oxygen atoms in total. The summed E-state index contributed by atoms with van der Waals surface area (Å²) in [6.07, 6.45) is 2.14. The van der Waals surface area contributed by atoms with Crippen LogP contribution in [0, 0.1) is 11.7 Å². The van der Waals surface area contributed by atoms with Gasteiger partial charge in [0, 0.05) is 16.7 Å². The summed E-state index contributed by atoms with van der Waals surface area (Å²) < 4.78 is 40.6. The minimum atomic E-state index is -3.90. The Kier molecular flexibility index (Phi) is 3.08. The summed E-state index contributed by atoms with van der Waals surface area (Å²) in [5.41, 5.74) is 0. The molecule has 1 aromatic rings. The fourth-order valence-corrected chi connectivity index (χ4v) is 2.26. The van der Waals surface area contributed by atoms with Crippen molar-refractivity contribution in [3.63, 3.8) is 0 Å². The molecule has 1 fully saturated rings. The quantitative estimate of drug-likeness (QED) is 0.785. The zero-order chi connectivity index (χ0) is 11.8. The third-order valence-electron chi connectivity index (χ3n) is 2.34. The van der Waals surface area contributed by atoms with E-state index in [9.17, 15) is 12.8 Å².